The van der Waals surface area contributed by atoms with Gasteiger partial charge in [-0.3, -0.25) is 0 Å². The maximum absolute atomic E-state index is 10.2. The number of rotatable bonds is 11. The molecule has 0 heterocycles. The van der Waals surface area contributed by atoms with Crippen molar-refractivity contribution in [2.45, 2.75) is 78.2 Å². The summed E-state index contributed by atoms with van der Waals surface area (Å²) in [5, 5.41) is 13.6. The molecule has 0 spiro atoms. The number of unbranched alkanes of at least 4 members (excludes halogenated alkanes) is 4. The first-order valence-electron chi connectivity index (χ1n) is 7.41. The summed E-state index contributed by atoms with van der Waals surface area (Å²) in [4.78, 5) is 0. The van der Waals surface area contributed by atoms with Crippen molar-refractivity contribution in [1.82, 2.24) is 5.32 Å². The van der Waals surface area contributed by atoms with Gasteiger partial charge in [0.2, 0.25) is 0 Å². The quantitative estimate of drug-likeness (QED) is 0.542. The summed E-state index contributed by atoms with van der Waals surface area (Å²) >= 11 is 0. The fourth-order valence-corrected chi connectivity index (χ4v) is 1.98. The van der Waals surface area contributed by atoms with E-state index in [9.17, 15) is 5.11 Å². The molecule has 0 aliphatic heterocycles. The van der Waals surface area contributed by atoms with Gasteiger partial charge >= 0.3 is 0 Å². The average molecular weight is 243 g/mol. The van der Waals surface area contributed by atoms with Crippen LogP contribution in [-0.4, -0.2) is 23.8 Å². The molecule has 0 saturated heterocycles. The Hall–Kier alpha value is -0.0800. The summed E-state index contributed by atoms with van der Waals surface area (Å²) < 4.78 is 0. The molecular weight excluding hydrogens is 210 g/mol. The minimum Gasteiger partial charge on any atom is -0.390 e. The summed E-state index contributed by atoms with van der Waals surface area (Å²) in [6, 6.07) is 0. The molecule has 0 aliphatic carbocycles. The van der Waals surface area contributed by atoms with Gasteiger partial charge in [0.25, 0.3) is 0 Å². The number of nitrogens with one attached hydrogen (secondary N) is 1. The molecule has 0 fully saturated rings. The number of aliphatic hydroxyl groups is 1. The Morgan fingerprint density at radius 2 is 1.71 bits per heavy atom. The molecule has 0 amide bonds. The van der Waals surface area contributed by atoms with Crippen molar-refractivity contribution < 1.29 is 5.11 Å². The summed E-state index contributed by atoms with van der Waals surface area (Å²) in [6.45, 7) is 10.6. The van der Waals surface area contributed by atoms with Gasteiger partial charge in [-0.2, -0.15) is 0 Å². The lowest BCUT2D eigenvalue weighted by Crippen LogP contribution is -2.31. The van der Waals surface area contributed by atoms with Crippen LogP contribution in [0.5, 0.6) is 0 Å². The SMILES string of the molecule is CCCCCCCC(C)(O)CCNCC(C)C. The third-order valence-corrected chi connectivity index (χ3v) is 3.21. The Kier molecular flexibility index (Phi) is 9.85. The van der Waals surface area contributed by atoms with Crippen molar-refractivity contribution in [2.24, 2.45) is 5.92 Å². The normalized spacial score (nSPS) is 15.2. The molecule has 0 aromatic heterocycles. The van der Waals surface area contributed by atoms with Crippen LogP contribution < -0.4 is 5.32 Å². The topological polar surface area (TPSA) is 32.3 Å². The van der Waals surface area contributed by atoms with Gasteiger partial charge < -0.3 is 10.4 Å². The highest BCUT2D eigenvalue weighted by molar-refractivity contribution is 4.73. The summed E-state index contributed by atoms with van der Waals surface area (Å²) in [5.74, 6) is 0.689. The van der Waals surface area contributed by atoms with Crippen LogP contribution in [-0.2, 0) is 0 Å². The van der Waals surface area contributed by atoms with Crippen LogP contribution in [0.25, 0.3) is 0 Å². The highest BCUT2D eigenvalue weighted by atomic mass is 16.3. The zero-order valence-electron chi connectivity index (χ0n) is 12.4. The molecule has 0 radical (unpaired) electrons. The molecule has 2 heteroatoms. The Morgan fingerprint density at radius 3 is 2.29 bits per heavy atom. The van der Waals surface area contributed by atoms with E-state index in [2.05, 4.69) is 26.1 Å². The summed E-state index contributed by atoms with van der Waals surface area (Å²) in [6.07, 6.45) is 8.18. The molecule has 1 atom stereocenters. The van der Waals surface area contributed by atoms with Crippen molar-refractivity contribution in [3.8, 4) is 0 Å². The van der Waals surface area contributed by atoms with Crippen LogP contribution in [0.3, 0.4) is 0 Å². The fourth-order valence-electron chi connectivity index (χ4n) is 1.98. The lowest BCUT2D eigenvalue weighted by atomic mass is 9.94. The lowest BCUT2D eigenvalue weighted by molar-refractivity contribution is 0.0394. The Morgan fingerprint density at radius 1 is 1.06 bits per heavy atom. The summed E-state index contributed by atoms with van der Waals surface area (Å²) in [7, 11) is 0. The molecule has 1 unspecified atom stereocenters. The Balaban J connectivity index is 3.44. The minimum atomic E-state index is -0.476. The van der Waals surface area contributed by atoms with E-state index >= 15 is 0 Å². The predicted octanol–water partition coefficient (Wildman–Crippen LogP) is 3.73. The van der Waals surface area contributed by atoms with Crippen LogP contribution in [0.2, 0.25) is 0 Å². The van der Waals surface area contributed by atoms with E-state index in [0.717, 1.165) is 32.4 Å². The van der Waals surface area contributed by atoms with E-state index in [1.165, 1.54) is 25.7 Å². The second-order valence-corrected chi connectivity index (χ2v) is 6.01. The predicted molar refractivity (Wildman–Crippen MR) is 76.3 cm³/mol. The van der Waals surface area contributed by atoms with Gasteiger partial charge in [-0.1, -0.05) is 52.9 Å². The molecular formula is C15H33NO. The first kappa shape index (κ1) is 16.9. The molecule has 0 aromatic rings. The van der Waals surface area contributed by atoms with Crippen LogP contribution in [0.1, 0.15) is 72.6 Å². The van der Waals surface area contributed by atoms with E-state index in [1.807, 2.05) is 6.92 Å². The molecule has 0 aromatic carbocycles. The second kappa shape index (κ2) is 9.90. The molecule has 104 valence electrons. The highest BCUT2D eigenvalue weighted by Gasteiger charge is 2.18. The van der Waals surface area contributed by atoms with E-state index in [1.54, 1.807) is 0 Å². The van der Waals surface area contributed by atoms with Gasteiger partial charge in [-0.15, -0.1) is 0 Å². The Bertz CT molecular complexity index is 166. The monoisotopic (exact) mass is 243 g/mol. The van der Waals surface area contributed by atoms with Crippen molar-refractivity contribution in [3.63, 3.8) is 0 Å². The third-order valence-electron chi connectivity index (χ3n) is 3.21. The standard InChI is InChI=1S/C15H33NO/c1-5-6-7-8-9-10-15(4,17)11-12-16-13-14(2)3/h14,16-17H,5-13H2,1-4H3. The van der Waals surface area contributed by atoms with Crippen LogP contribution >= 0.6 is 0 Å². The lowest BCUT2D eigenvalue weighted by Gasteiger charge is -2.23. The van der Waals surface area contributed by atoms with Crippen molar-refractivity contribution >= 4 is 0 Å². The molecule has 0 aliphatic rings. The molecule has 17 heavy (non-hydrogen) atoms. The van der Waals surface area contributed by atoms with Crippen LogP contribution in [0.4, 0.5) is 0 Å². The minimum absolute atomic E-state index is 0.476. The van der Waals surface area contributed by atoms with Gasteiger partial charge in [-0.05, 0) is 38.8 Å². The van der Waals surface area contributed by atoms with E-state index in [4.69, 9.17) is 0 Å². The van der Waals surface area contributed by atoms with Gasteiger partial charge in [-0.25, -0.2) is 0 Å². The van der Waals surface area contributed by atoms with Gasteiger partial charge in [0, 0.05) is 0 Å². The largest absolute Gasteiger partial charge is 0.390 e. The fraction of sp³-hybridized carbons (Fsp3) is 1.00. The third kappa shape index (κ3) is 12.2. The van der Waals surface area contributed by atoms with Gasteiger partial charge in [0.05, 0.1) is 5.60 Å². The molecule has 2 nitrogen and oxygen atoms in total. The van der Waals surface area contributed by atoms with E-state index < -0.39 is 5.60 Å². The highest BCUT2D eigenvalue weighted by Crippen LogP contribution is 2.18. The van der Waals surface area contributed by atoms with Crippen molar-refractivity contribution in [3.05, 3.63) is 0 Å². The maximum Gasteiger partial charge on any atom is 0.0631 e. The Labute approximate surface area is 108 Å². The number of hydrogen-bond acceptors (Lipinski definition) is 2. The van der Waals surface area contributed by atoms with E-state index in [-0.39, 0.29) is 0 Å². The summed E-state index contributed by atoms with van der Waals surface area (Å²) in [5.41, 5.74) is -0.476. The number of hydrogen-bond donors (Lipinski definition) is 2. The van der Waals surface area contributed by atoms with Crippen LogP contribution in [0, 0.1) is 5.92 Å². The second-order valence-electron chi connectivity index (χ2n) is 6.01. The van der Waals surface area contributed by atoms with E-state index in [0.29, 0.717) is 5.92 Å². The molecule has 0 saturated carbocycles. The van der Waals surface area contributed by atoms with Crippen LogP contribution in [0.15, 0.2) is 0 Å². The van der Waals surface area contributed by atoms with Crippen molar-refractivity contribution in [2.75, 3.05) is 13.1 Å². The molecule has 2 N–H and O–H groups in total. The van der Waals surface area contributed by atoms with Crippen molar-refractivity contribution in [1.29, 1.82) is 0 Å². The maximum atomic E-state index is 10.2. The average Bonchev–Trinajstić information content (AvgIpc) is 2.24. The first-order valence-corrected chi connectivity index (χ1v) is 7.41. The smallest absolute Gasteiger partial charge is 0.0631 e. The molecule has 0 rings (SSSR count). The first-order chi connectivity index (χ1) is 7.98. The van der Waals surface area contributed by atoms with Gasteiger partial charge in [0.1, 0.15) is 0 Å². The van der Waals surface area contributed by atoms with Gasteiger partial charge in [0.15, 0.2) is 0 Å². The molecule has 0 bridgehead atoms. The zero-order valence-corrected chi connectivity index (χ0v) is 12.4. The zero-order chi connectivity index (χ0) is 13.1.